The second-order valence-corrected chi connectivity index (χ2v) is 4.57. The normalized spacial score (nSPS) is 11.5. The molecule has 1 heterocycles. The first kappa shape index (κ1) is 15.9. The summed E-state index contributed by atoms with van der Waals surface area (Å²) in [5, 5.41) is 0. The number of primary amides is 1. The van der Waals surface area contributed by atoms with E-state index in [0.29, 0.717) is 12.0 Å². The summed E-state index contributed by atoms with van der Waals surface area (Å²) in [5.74, 6) is -2.41. The van der Waals surface area contributed by atoms with Gasteiger partial charge in [0.15, 0.2) is 0 Å². The van der Waals surface area contributed by atoms with Gasteiger partial charge in [-0.3, -0.25) is 4.79 Å². The summed E-state index contributed by atoms with van der Waals surface area (Å²) in [6.45, 7) is 0. The molecular formula is C14H11F4N3O. The molecule has 0 atom stereocenters. The van der Waals surface area contributed by atoms with Crippen molar-refractivity contribution >= 4 is 5.91 Å². The lowest BCUT2D eigenvalue weighted by Gasteiger charge is -2.08. The molecule has 0 saturated carbocycles. The SMILES string of the molecule is NC(=O)CCc1ccc(F)c(-c2cnc(C(F)(F)F)nc2)c1. The first-order chi connectivity index (χ1) is 10.3. The van der Waals surface area contributed by atoms with Crippen LogP contribution in [0.25, 0.3) is 11.1 Å². The number of nitrogens with two attached hydrogens (primary N) is 1. The largest absolute Gasteiger partial charge is 0.451 e. The van der Waals surface area contributed by atoms with E-state index in [4.69, 9.17) is 5.73 Å². The monoisotopic (exact) mass is 313 g/mol. The summed E-state index contributed by atoms with van der Waals surface area (Å²) in [4.78, 5) is 17.1. The van der Waals surface area contributed by atoms with Crippen molar-refractivity contribution in [3.05, 3.63) is 47.8 Å². The van der Waals surface area contributed by atoms with Crippen molar-refractivity contribution in [3.8, 4) is 11.1 Å². The van der Waals surface area contributed by atoms with Crippen LogP contribution in [-0.2, 0) is 17.4 Å². The molecule has 1 aromatic heterocycles. The predicted molar refractivity (Wildman–Crippen MR) is 69.9 cm³/mol. The molecule has 0 saturated heterocycles. The van der Waals surface area contributed by atoms with Crippen LogP contribution in [0.3, 0.4) is 0 Å². The highest BCUT2D eigenvalue weighted by atomic mass is 19.4. The van der Waals surface area contributed by atoms with Gasteiger partial charge in [0.2, 0.25) is 11.7 Å². The van der Waals surface area contributed by atoms with Crippen LogP contribution in [0.4, 0.5) is 17.6 Å². The van der Waals surface area contributed by atoms with Crippen LogP contribution >= 0.6 is 0 Å². The Hall–Kier alpha value is -2.51. The zero-order valence-electron chi connectivity index (χ0n) is 11.2. The summed E-state index contributed by atoms with van der Waals surface area (Å²) in [6.07, 6.45) is -2.43. The topological polar surface area (TPSA) is 68.9 Å². The van der Waals surface area contributed by atoms with Gasteiger partial charge in [0.05, 0.1) is 0 Å². The summed E-state index contributed by atoms with van der Waals surface area (Å²) in [5.41, 5.74) is 5.85. The van der Waals surface area contributed by atoms with Crippen molar-refractivity contribution in [2.45, 2.75) is 19.0 Å². The third-order valence-electron chi connectivity index (χ3n) is 2.91. The predicted octanol–water partition coefficient (Wildman–Crippen LogP) is 2.72. The number of hydrogen-bond donors (Lipinski definition) is 1. The Labute approximate surface area is 123 Å². The van der Waals surface area contributed by atoms with Crippen molar-refractivity contribution < 1.29 is 22.4 Å². The Morgan fingerprint density at radius 3 is 2.36 bits per heavy atom. The average Bonchev–Trinajstić information content (AvgIpc) is 2.45. The van der Waals surface area contributed by atoms with Crippen LogP contribution in [0, 0.1) is 5.82 Å². The van der Waals surface area contributed by atoms with Crippen LogP contribution in [0.5, 0.6) is 0 Å². The van der Waals surface area contributed by atoms with Crippen molar-refractivity contribution in [1.82, 2.24) is 9.97 Å². The number of nitrogens with zero attached hydrogens (tertiary/aromatic N) is 2. The number of aryl methyl sites for hydroxylation is 1. The number of halogens is 4. The Kier molecular flexibility index (Phi) is 4.39. The molecule has 0 bridgehead atoms. The molecule has 4 nitrogen and oxygen atoms in total. The van der Waals surface area contributed by atoms with Gasteiger partial charge in [0, 0.05) is 29.9 Å². The smallest absolute Gasteiger partial charge is 0.370 e. The molecule has 0 unspecified atom stereocenters. The third-order valence-corrected chi connectivity index (χ3v) is 2.91. The molecule has 2 aromatic rings. The van der Waals surface area contributed by atoms with Crippen LogP contribution in [-0.4, -0.2) is 15.9 Å². The molecule has 0 aliphatic rings. The second-order valence-electron chi connectivity index (χ2n) is 4.57. The van der Waals surface area contributed by atoms with E-state index >= 15 is 0 Å². The van der Waals surface area contributed by atoms with Crippen molar-refractivity contribution in [1.29, 1.82) is 0 Å². The van der Waals surface area contributed by atoms with Gasteiger partial charge in [-0.15, -0.1) is 0 Å². The van der Waals surface area contributed by atoms with E-state index < -0.39 is 23.7 Å². The van der Waals surface area contributed by atoms with Gasteiger partial charge in [-0.1, -0.05) is 6.07 Å². The fourth-order valence-corrected chi connectivity index (χ4v) is 1.83. The molecular weight excluding hydrogens is 302 g/mol. The van der Waals surface area contributed by atoms with Gasteiger partial charge < -0.3 is 5.73 Å². The summed E-state index contributed by atoms with van der Waals surface area (Å²) in [7, 11) is 0. The van der Waals surface area contributed by atoms with E-state index in [9.17, 15) is 22.4 Å². The molecule has 0 aliphatic heterocycles. The fourth-order valence-electron chi connectivity index (χ4n) is 1.83. The van der Waals surface area contributed by atoms with Crippen LogP contribution < -0.4 is 5.73 Å². The van der Waals surface area contributed by atoms with E-state index in [1.165, 1.54) is 18.2 Å². The molecule has 0 fully saturated rings. The number of aromatic nitrogens is 2. The first-order valence-electron chi connectivity index (χ1n) is 6.23. The quantitative estimate of drug-likeness (QED) is 0.882. The zero-order chi connectivity index (χ0) is 16.3. The highest BCUT2D eigenvalue weighted by molar-refractivity contribution is 5.74. The number of carbonyl (C=O) groups excluding carboxylic acids is 1. The number of alkyl halides is 3. The molecule has 116 valence electrons. The molecule has 1 aromatic carbocycles. The fraction of sp³-hybridized carbons (Fsp3) is 0.214. The minimum Gasteiger partial charge on any atom is -0.370 e. The lowest BCUT2D eigenvalue weighted by Crippen LogP contribution is -2.11. The molecule has 2 N–H and O–H groups in total. The molecule has 8 heteroatoms. The first-order valence-corrected chi connectivity index (χ1v) is 6.23. The third kappa shape index (κ3) is 3.78. The molecule has 0 radical (unpaired) electrons. The standard InChI is InChI=1S/C14H11F4N3O/c15-11-3-1-8(2-4-12(19)22)5-10(11)9-6-20-13(21-7-9)14(16,17)18/h1,3,5-7H,2,4H2,(H2,19,22). The molecule has 0 spiro atoms. The zero-order valence-corrected chi connectivity index (χ0v) is 11.2. The number of benzene rings is 1. The summed E-state index contributed by atoms with van der Waals surface area (Å²) >= 11 is 0. The highest BCUT2D eigenvalue weighted by Gasteiger charge is 2.34. The van der Waals surface area contributed by atoms with Gasteiger partial charge in [-0.25, -0.2) is 14.4 Å². The van der Waals surface area contributed by atoms with E-state index in [1.807, 2.05) is 0 Å². The van der Waals surface area contributed by atoms with Crippen molar-refractivity contribution in [3.63, 3.8) is 0 Å². The number of hydrogen-bond acceptors (Lipinski definition) is 3. The number of rotatable bonds is 4. The van der Waals surface area contributed by atoms with E-state index in [0.717, 1.165) is 12.4 Å². The molecule has 0 aliphatic carbocycles. The molecule has 1 amide bonds. The Balaban J connectivity index is 2.31. The lowest BCUT2D eigenvalue weighted by atomic mass is 10.0. The maximum Gasteiger partial charge on any atom is 0.451 e. The van der Waals surface area contributed by atoms with E-state index in [-0.39, 0.29) is 17.5 Å². The Bertz CT molecular complexity index is 683. The summed E-state index contributed by atoms with van der Waals surface area (Å²) in [6, 6.07) is 4.08. The number of amides is 1. The van der Waals surface area contributed by atoms with Crippen molar-refractivity contribution in [2.75, 3.05) is 0 Å². The Morgan fingerprint density at radius 2 is 1.82 bits per heavy atom. The minimum atomic E-state index is -4.65. The van der Waals surface area contributed by atoms with Gasteiger partial charge in [-0.2, -0.15) is 13.2 Å². The number of carbonyl (C=O) groups is 1. The van der Waals surface area contributed by atoms with Gasteiger partial charge in [0.25, 0.3) is 0 Å². The maximum atomic E-state index is 13.8. The van der Waals surface area contributed by atoms with Crippen molar-refractivity contribution in [2.24, 2.45) is 5.73 Å². The van der Waals surface area contributed by atoms with Gasteiger partial charge in [-0.05, 0) is 24.1 Å². The molecule has 22 heavy (non-hydrogen) atoms. The van der Waals surface area contributed by atoms with E-state index in [2.05, 4.69) is 9.97 Å². The van der Waals surface area contributed by atoms with Crippen LogP contribution in [0.15, 0.2) is 30.6 Å². The minimum absolute atomic E-state index is 0.0655. The van der Waals surface area contributed by atoms with Crippen LogP contribution in [0.2, 0.25) is 0 Å². The summed E-state index contributed by atoms with van der Waals surface area (Å²) < 4.78 is 51.0. The maximum absolute atomic E-state index is 13.8. The second kappa shape index (κ2) is 6.08. The van der Waals surface area contributed by atoms with Crippen LogP contribution in [0.1, 0.15) is 17.8 Å². The van der Waals surface area contributed by atoms with Gasteiger partial charge in [0.1, 0.15) is 5.82 Å². The van der Waals surface area contributed by atoms with E-state index in [1.54, 1.807) is 0 Å². The van der Waals surface area contributed by atoms with Gasteiger partial charge >= 0.3 is 6.18 Å². The highest BCUT2D eigenvalue weighted by Crippen LogP contribution is 2.28. The average molecular weight is 313 g/mol. The Morgan fingerprint density at radius 1 is 1.18 bits per heavy atom. The molecule has 2 rings (SSSR count). The lowest BCUT2D eigenvalue weighted by molar-refractivity contribution is -0.145.